The van der Waals surface area contributed by atoms with Gasteiger partial charge in [0.15, 0.2) is 12.6 Å². The van der Waals surface area contributed by atoms with Crippen molar-refractivity contribution in [3.63, 3.8) is 0 Å². The van der Waals surface area contributed by atoms with Gasteiger partial charge in [-0.25, -0.2) is 19.2 Å². The van der Waals surface area contributed by atoms with Gasteiger partial charge in [-0.05, 0) is 85.4 Å². The number of carbonyl (C=O) groups excluding carboxylic acids is 8. The summed E-state index contributed by atoms with van der Waals surface area (Å²) in [7, 11) is 2.34. The summed E-state index contributed by atoms with van der Waals surface area (Å²) in [5, 5.41) is 35.3. The van der Waals surface area contributed by atoms with Crippen LogP contribution in [0.15, 0.2) is 70.9 Å². The van der Waals surface area contributed by atoms with Gasteiger partial charge in [-0.1, -0.05) is 112 Å². The van der Waals surface area contributed by atoms with Crippen molar-refractivity contribution in [1.29, 1.82) is 0 Å². The van der Waals surface area contributed by atoms with Gasteiger partial charge in [-0.2, -0.15) is 0 Å². The molecular formula is C72H104N8O26. The van der Waals surface area contributed by atoms with Gasteiger partial charge >= 0.3 is 48.0 Å². The van der Waals surface area contributed by atoms with Gasteiger partial charge < -0.3 is 96.6 Å². The molecule has 6 aliphatic heterocycles. The van der Waals surface area contributed by atoms with Crippen LogP contribution in [-0.2, 0) is 118 Å². The van der Waals surface area contributed by atoms with Crippen LogP contribution in [0.3, 0.4) is 0 Å². The first-order valence-corrected chi connectivity index (χ1v) is 36.3. The van der Waals surface area contributed by atoms with Crippen LogP contribution >= 0.6 is 0 Å². The van der Waals surface area contributed by atoms with Gasteiger partial charge in [0.1, 0.15) is 61.9 Å². The fourth-order valence-electron chi connectivity index (χ4n) is 13.6. The minimum Gasteiger partial charge on any atom is -0.465 e. The summed E-state index contributed by atoms with van der Waals surface area (Å²) in [5.41, 5.74) is 20.2. The lowest BCUT2D eigenvalue weighted by atomic mass is 9.80. The highest BCUT2D eigenvalue weighted by atomic mass is 16.8. The normalized spacial score (nSPS) is 30.5. The molecule has 8 rings (SSSR count). The van der Waals surface area contributed by atoms with Gasteiger partial charge in [-0.3, -0.25) is 19.2 Å². The molecule has 34 nitrogen and oxygen atoms in total. The number of aliphatic hydroxyl groups is 2. The van der Waals surface area contributed by atoms with E-state index >= 15 is 0 Å². The molecule has 2 aromatic rings. The Morgan fingerprint density at radius 2 is 0.972 bits per heavy atom. The number of amides is 2. The number of nitrogens with zero attached hydrogens (tertiary/aromatic N) is 6. The average molecular weight is 1500 g/mol. The first-order chi connectivity index (χ1) is 50.8. The van der Waals surface area contributed by atoms with E-state index in [9.17, 15) is 59.6 Å². The quantitative estimate of drug-likeness (QED) is 0.0125. The van der Waals surface area contributed by atoms with Crippen molar-refractivity contribution in [2.24, 2.45) is 45.7 Å². The Kier molecular flexibility index (Phi) is 33.7. The van der Waals surface area contributed by atoms with Crippen LogP contribution in [0.4, 0.5) is 9.59 Å². The van der Waals surface area contributed by atoms with Gasteiger partial charge in [0.05, 0.1) is 77.5 Å². The number of esters is 6. The van der Waals surface area contributed by atoms with E-state index < -0.39 is 169 Å². The van der Waals surface area contributed by atoms with Crippen LogP contribution in [0.25, 0.3) is 20.9 Å². The fraction of sp³-hybridized carbons (Fsp3) is 0.722. The number of methoxy groups -OCH3 is 2. The molecule has 588 valence electrons. The molecule has 0 radical (unpaired) electrons. The number of hydrogen-bond donors (Lipinski definition) is 4. The number of benzene rings is 2. The van der Waals surface area contributed by atoms with Crippen molar-refractivity contribution in [1.82, 2.24) is 10.6 Å². The lowest BCUT2D eigenvalue weighted by Crippen LogP contribution is -2.62. The summed E-state index contributed by atoms with van der Waals surface area (Å²) < 4.78 is 92.8. The number of nitrogens with one attached hydrogen (secondary N) is 2. The number of alkyl carbamates (subject to hydrolysis) is 2. The Morgan fingerprint density at radius 1 is 0.594 bits per heavy atom. The van der Waals surface area contributed by atoms with Crippen LogP contribution in [0.1, 0.15) is 144 Å². The lowest BCUT2D eigenvalue weighted by Gasteiger charge is -2.47. The maximum atomic E-state index is 13.5. The highest BCUT2D eigenvalue weighted by molar-refractivity contribution is 5.80. The topological polar surface area (TPSA) is 446 Å². The largest absolute Gasteiger partial charge is 0.465 e. The summed E-state index contributed by atoms with van der Waals surface area (Å²) in [6.07, 6.45) is -7.97. The smallest absolute Gasteiger partial charge is 0.407 e. The Morgan fingerprint density at radius 3 is 1.31 bits per heavy atom. The van der Waals surface area contributed by atoms with Crippen molar-refractivity contribution in [2.45, 2.75) is 243 Å². The first-order valence-electron chi connectivity index (χ1n) is 36.3. The number of aliphatic hydroxyl groups excluding tert-OH is 2. The van der Waals surface area contributed by atoms with Crippen molar-refractivity contribution >= 4 is 48.0 Å². The SMILES string of the molecule is CC[C@@H](C)[C@@H](OC(C)=O)C1O[C@@](OCC2O[C@@H](OCCCCCNC(=O)OCc3ccccc3)C(N=[N+]=[N-])[C@@H](O)[C@H]2C)(C(=O)OC)C[C@H]2OC(=O)C[C@@H]12.CC[C@@H](C)[C@@H](OC(C)=O)C1O[C@@](OCC2O[C@H](OCCCCCNC(=O)OCc3ccccc3)C(N=[N+]=[N-])[C@@H](O)[C@H]2C)(C(=O)OC)C[C@H]2OC(=O)C[C@@H]12. The van der Waals surface area contributed by atoms with Crippen LogP contribution in [0, 0.1) is 35.5 Å². The third kappa shape index (κ3) is 23.5. The number of ether oxygens (including phenoxy) is 16. The highest BCUT2D eigenvalue weighted by Crippen LogP contribution is 2.47. The molecule has 2 aromatic carbocycles. The third-order valence-corrected chi connectivity index (χ3v) is 20.0. The molecule has 0 saturated carbocycles. The van der Waals surface area contributed by atoms with Gasteiger partial charge in [0, 0.05) is 73.6 Å². The predicted octanol–water partition coefficient (Wildman–Crippen LogP) is 8.17. The molecule has 6 saturated heterocycles. The molecule has 0 bridgehead atoms. The van der Waals surface area contributed by atoms with Crippen molar-refractivity contribution in [2.75, 3.05) is 53.7 Å². The van der Waals surface area contributed by atoms with E-state index in [2.05, 4.69) is 30.7 Å². The van der Waals surface area contributed by atoms with Gasteiger partial charge in [-0.15, -0.1) is 0 Å². The van der Waals surface area contributed by atoms with Gasteiger partial charge in [0.2, 0.25) is 0 Å². The molecule has 22 atom stereocenters. The second kappa shape index (κ2) is 42.0. The van der Waals surface area contributed by atoms with Gasteiger partial charge in [0.25, 0.3) is 11.6 Å². The molecule has 0 spiro atoms. The molecular weight excluding hydrogens is 1390 g/mol. The van der Waals surface area contributed by atoms with E-state index in [1.165, 1.54) is 28.1 Å². The molecule has 4 N–H and O–H groups in total. The van der Waals surface area contributed by atoms with Crippen LogP contribution in [0.5, 0.6) is 0 Å². The van der Waals surface area contributed by atoms with E-state index in [1.807, 2.05) is 88.4 Å². The molecule has 6 aliphatic rings. The Bertz CT molecular complexity index is 3070. The second-order valence-corrected chi connectivity index (χ2v) is 27.4. The summed E-state index contributed by atoms with van der Waals surface area (Å²) >= 11 is 0. The highest BCUT2D eigenvalue weighted by Gasteiger charge is 2.63. The Balaban J connectivity index is 0.000000296. The number of azide groups is 2. The van der Waals surface area contributed by atoms with E-state index in [-0.39, 0.29) is 77.2 Å². The van der Waals surface area contributed by atoms with Crippen LogP contribution in [0.2, 0.25) is 0 Å². The zero-order valence-electron chi connectivity index (χ0n) is 61.8. The van der Waals surface area contributed by atoms with Crippen molar-refractivity contribution in [3.05, 3.63) is 92.7 Å². The molecule has 6 heterocycles. The number of rotatable bonds is 36. The minimum atomic E-state index is -2.08. The average Bonchev–Trinajstić information content (AvgIpc) is 1.48. The van der Waals surface area contributed by atoms with Crippen LogP contribution < -0.4 is 10.6 Å². The standard InChI is InChI=1S/2C36H52N4O13/c2*1-6-21(2)31(50-23(4)41)32-25-17-28(42)51-26(25)18-36(53-32,34(44)46-5)49-20-27-22(3)30(43)29(39-40-37)33(52-27)47-16-12-8-11-15-38-35(45)48-19-24-13-9-7-10-14-24/h2*7,9-10,13-14,21-22,25-27,29-33,43H,6,8,11-12,15-20H2,1-5H3,(H,38,45)/t21-,22+,25-,26-,27?,29?,30+,31-,32?,33+,36-;21-,22+,25-,26-,27?,29?,30+,31-,32?,33-,36-/m11/s1. The number of fused-ring (bicyclic) bond motifs is 2. The zero-order valence-corrected chi connectivity index (χ0v) is 61.8. The zero-order chi connectivity index (χ0) is 77.1. The van der Waals surface area contributed by atoms with Crippen molar-refractivity contribution < 1.29 is 124 Å². The summed E-state index contributed by atoms with van der Waals surface area (Å²) in [4.78, 5) is 106. The Labute approximate surface area is 615 Å². The monoisotopic (exact) mass is 1500 g/mol. The van der Waals surface area contributed by atoms with E-state index in [0.717, 1.165) is 11.1 Å². The molecule has 0 aliphatic carbocycles. The maximum Gasteiger partial charge on any atom is 0.407 e. The van der Waals surface area contributed by atoms with E-state index in [0.29, 0.717) is 64.5 Å². The number of hydrogen-bond acceptors (Lipinski definition) is 28. The van der Waals surface area contributed by atoms with Crippen LogP contribution in [-0.4, -0.2) is 209 Å². The first kappa shape index (κ1) is 85.3. The molecule has 2 amide bonds. The lowest BCUT2D eigenvalue weighted by molar-refractivity contribution is -0.328. The molecule has 106 heavy (non-hydrogen) atoms. The molecule has 34 heteroatoms. The molecule has 6 unspecified atom stereocenters. The predicted molar refractivity (Wildman–Crippen MR) is 369 cm³/mol. The van der Waals surface area contributed by atoms with E-state index in [4.69, 9.17) is 75.8 Å². The molecule has 6 fully saturated rings. The van der Waals surface area contributed by atoms with E-state index in [1.54, 1.807) is 13.8 Å². The minimum absolute atomic E-state index is 0.00731. The van der Waals surface area contributed by atoms with Crippen molar-refractivity contribution in [3.8, 4) is 0 Å². The third-order valence-electron chi connectivity index (χ3n) is 20.0. The fourth-order valence-corrected chi connectivity index (χ4v) is 13.6. The summed E-state index contributed by atoms with van der Waals surface area (Å²) in [6.45, 7) is 14.4. The summed E-state index contributed by atoms with van der Waals surface area (Å²) in [6, 6.07) is 16.6. The molecule has 0 aromatic heterocycles. The second-order valence-electron chi connectivity index (χ2n) is 27.4. The number of carbonyl (C=O) groups is 8. The summed E-state index contributed by atoms with van der Waals surface area (Å²) in [5.74, 6) is -10.7. The maximum absolute atomic E-state index is 13.5. The number of unbranched alkanes of at least 4 members (excludes halogenated alkanes) is 4. The Hall–Kier alpha value is -7.98.